The molecule has 0 radical (unpaired) electrons. The van der Waals surface area contributed by atoms with Crippen LogP contribution in [0.15, 0.2) is 0 Å². The predicted molar refractivity (Wildman–Crippen MR) is 58.0 cm³/mol. The van der Waals surface area contributed by atoms with Crippen molar-refractivity contribution in [3.8, 4) is 0 Å². The molecule has 0 saturated carbocycles. The van der Waals surface area contributed by atoms with Crippen LogP contribution in [0, 0.1) is 5.92 Å². The minimum Gasteiger partial charge on any atom is -0.377 e. The molecule has 0 aliphatic heterocycles. The van der Waals surface area contributed by atoms with Gasteiger partial charge in [0.15, 0.2) is 0 Å². The van der Waals surface area contributed by atoms with Gasteiger partial charge in [-0.15, -0.1) is 0 Å². The summed E-state index contributed by atoms with van der Waals surface area (Å²) in [6.45, 7) is 12.0. The van der Waals surface area contributed by atoms with Gasteiger partial charge < -0.3 is 10.1 Å². The first kappa shape index (κ1) is 12.9. The first-order chi connectivity index (χ1) is 5.95. The Balaban J connectivity index is 4.23. The summed E-state index contributed by atoms with van der Waals surface area (Å²) in [6, 6.07) is 0.428. The van der Waals surface area contributed by atoms with Crippen molar-refractivity contribution in [1.29, 1.82) is 0 Å². The van der Waals surface area contributed by atoms with Crippen LogP contribution >= 0.6 is 0 Å². The fraction of sp³-hybridized carbons (Fsp3) is 1.00. The van der Waals surface area contributed by atoms with Crippen molar-refractivity contribution in [2.24, 2.45) is 5.92 Å². The maximum Gasteiger partial charge on any atom is 0.0777 e. The normalized spacial score (nSPS) is 15.0. The van der Waals surface area contributed by atoms with Crippen molar-refractivity contribution in [1.82, 2.24) is 5.32 Å². The summed E-state index contributed by atoms with van der Waals surface area (Å²) >= 11 is 0. The van der Waals surface area contributed by atoms with Crippen LogP contribution < -0.4 is 5.32 Å². The van der Waals surface area contributed by atoms with E-state index in [1.807, 2.05) is 0 Å². The molecule has 1 unspecified atom stereocenters. The summed E-state index contributed by atoms with van der Waals surface area (Å²) in [5.74, 6) is 0.599. The zero-order valence-corrected chi connectivity index (χ0v) is 9.98. The topological polar surface area (TPSA) is 21.3 Å². The van der Waals surface area contributed by atoms with Gasteiger partial charge in [0.2, 0.25) is 0 Å². The number of ether oxygens (including phenoxy) is 1. The molecule has 0 aromatic carbocycles. The Hall–Kier alpha value is -0.0800. The predicted octanol–water partition coefficient (Wildman–Crippen LogP) is 2.44. The molecule has 0 spiro atoms. The minimum atomic E-state index is -0.0800. The molecule has 0 rings (SSSR count). The fourth-order valence-corrected chi connectivity index (χ4v) is 1.71. The highest BCUT2D eigenvalue weighted by Gasteiger charge is 2.30. The zero-order valence-electron chi connectivity index (χ0n) is 9.98. The standard InChI is InChI=1S/C11H25NO/c1-7-8-12-10(9(2)3)11(4,5)13-6/h9-10,12H,7-8H2,1-6H3. The summed E-state index contributed by atoms with van der Waals surface area (Å²) in [6.07, 6.45) is 1.17. The average molecular weight is 187 g/mol. The fourth-order valence-electron chi connectivity index (χ4n) is 1.71. The third kappa shape index (κ3) is 4.10. The second kappa shape index (κ2) is 5.61. The van der Waals surface area contributed by atoms with E-state index < -0.39 is 0 Å². The molecule has 0 aliphatic carbocycles. The van der Waals surface area contributed by atoms with E-state index in [0.717, 1.165) is 6.54 Å². The first-order valence-corrected chi connectivity index (χ1v) is 5.24. The molecule has 0 saturated heterocycles. The summed E-state index contributed by atoms with van der Waals surface area (Å²) in [7, 11) is 1.78. The maximum atomic E-state index is 5.50. The lowest BCUT2D eigenvalue weighted by Gasteiger charge is -2.36. The highest BCUT2D eigenvalue weighted by molar-refractivity contribution is 4.87. The lowest BCUT2D eigenvalue weighted by Crippen LogP contribution is -2.51. The van der Waals surface area contributed by atoms with Crippen molar-refractivity contribution >= 4 is 0 Å². The van der Waals surface area contributed by atoms with Crippen molar-refractivity contribution in [3.63, 3.8) is 0 Å². The molecule has 0 aromatic heterocycles. The van der Waals surface area contributed by atoms with Crippen LogP contribution in [0.5, 0.6) is 0 Å². The molecule has 0 fully saturated rings. The van der Waals surface area contributed by atoms with E-state index in [0.29, 0.717) is 12.0 Å². The van der Waals surface area contributed by atoms with Crippen molar-refractivity contribution in [2.75, 3.05) is 13.7 Å². The third-order valence-corrected chi connectivity index (χ3v) is 2.56. The highest BCUT2D eigenvalue weighted by Crippen LogP contribution is 2.20. The molecule has 0 bridgehead atoms. The molecule has 2 nitrogen and oxygen atoms in total. The Morgan fingerprint density at radius 3 is 2.15 bits per heavy atom. The Bertz CT molecular complexity index is 132. The van der Waals surface area contributed by atoms with Gasteiger partial charge in [-0.3, -0.25) is 0 Å². The molecule has 1 N–H and O–H groups in total. The number of methoxy groups -OCH3 is 1. The molecule has 80 valence electrons. The van der Waals surface area contributed by atoms with Crippen LogP contribution in [-0.2, 0) is 4.74 Å². The second-order valence-corrected chi connectivity index (χ2v) is 4.48. The van der Waals surface area contributed by atoms with Crippen LogP contribution in [0.1, 0.15) is 41.0 Å². The molecule has 0 aromatic rings. The van der Waals surface area contributed by atoms with Crippen LogP contribution in [0.3, 0.4) is 0 Å². The zero-order chi connectivity index (χ0) is 10.5. The number of rotatable bonds is 6. The van der Waals surface area contributed by atoms with Crippen LogP contribution in [-0.4, -0.2) is 25.3 Å². The molecular formula is C11H25NO. The first-order valence-electron chi connectivity index (χ1n) is 5.24. The van der Waals surface area contributed by atoms with Gasteiger partial charge in [0.05, 0.1) is 5.60 Å². The van der Waals surface area contributed by atoms with Gasteiger partial charge in [-0.2, -0.15) is 0 Å². The molecule has 0 amide bonds. The smallest absolute Gasteiger partial charge is 0.0777 e. The summed E-state index contributed by atoms with van der Waals surface area (Å²) in [4.78, 5) is 0. The Morgan fingerprint density at radius 1 is 1.31 bits per heavy atom. The van der Waals surface area contributed by atoms with Crippen LogP contribution in [0.4, 0.5) is 0 Å². The highest BCUT2D eigenvalue weighted by atomic mass is 16.5. The van der Waals surface area contributed by atoms with E-state index in [2.05, 4.69) is 39.9 Å². The van der Waals surface area contributed by atoms with Crippen molar-refractivity contribution < 1.29 is 4.74 Å². The van der Waals surface area contributed by atoms with E-state index in [-0.39, 0.29) is 5.60 Å². The van der Waals surface area contributed by atoms with E-state index in [1.54, 1.807) is 7.11 Å². The molecule has 13 heavy (non-hydrogen) atoms. The number of hydrogen-bond donors (Lipinski definition) is 1. The number of hydrogen-bond acceptors (Lipinski definition) is 2. The van der Waals surface area contributed by atoms with Gasteiger partial charge in [-0.05, 0) is 32.7 Å². The lowest BCUT2D eigenvalue weighted by atomic mass is 9.89. The van der Waals surface area contributed by atoms with Crippen LogP contribution in [0.2, 0.25) is 0 Å². The van der Waals surface area contributed by atoms with Crippen molar-refractivity contribution in [2.45, 2.75) is 52.7 Å². The van der Waals surface area contributed by atoms with Crippen molar-refractivity contribution in [3.05, 3.63) is 0 Å². The van der Waals surface area contributed by atoms with Gasteiger partial charge in [0.1, 0.15) is 0 Å². The molecule has 0 heterocycles. The monoisotopic (exact) mass is 187 g/mol. The largest absolute Gasteiger partial charge is 0.377 e. The SMILES string of the molecule is CCCNC(C(C)C)C(C)(C)OC. The van der Waals surface area contributed by atoms with E-state index in [9.17, 15) is 0 Å². The van der Waals surface area contributed by atoms with Gasteiger partial charge in [-0.25, -0.2) is 0 Å². The number of nitrogens with one attached hydrogen (secondary N) is 1. The quantitative estimate of drug-likeness (QED) is 0.689. The van der Waals surface area contributed by atoms with Gasteiger partial charge >= 0.3 is 0 Å². The van der Waals surface area contributed by atoms with E-state index in [1.165, 1.54) is 6.42 Å². The molecular weight excluding hydrogens is 162 g/mol. The molecule has 0 aliphatic rings. The van der Waals surface area contributed by atoms with Gasteiger partial charge in [0, 0.05) is 13.2 Å². The third-order valence-electron chi connectivity index (χ3n) is 2.56. The molecule has 1 atom stereocenters. The summed E-state index contributed by atoms with van der Waals surface area (Å²) in [5.41, 5.74) is -0.0800. The Morgan fingerprint density at radius 2 is 1.85 bits per heavy atom. The minimum absolute atomic E-state index is 0.0800. The second-order valence-electron chi connectivity index (χ2n) is 4.48. The van der Waals surface area contributed by atoms with E-state index >= 15 is 0 Å². The maximum absolute atomic E-state index is 5.50. The summed E-state index contributed by atoms with van der Waals surface area (Å²) in [5, 5.41) is 3.54. The van der Waals surface area contributed by atoms with Gasteiger partial charge in [-0.1, -0.05) is 20.8 Å². The average Bonchev–Trinajstić information content (AvgIpc) is 2.04. The van der Waals surface area contributed by atoms with Crippen LogP contribution in [0.25, 0.3) is 0 Å². The lowest BCUT2D eigenvalue weighted by molar-refractivity contribution is -0.0232. The Labute approximate surface area is 83.1 Å². The summed E-state index contributed by atoms with van der Waals surface area (Å²) < 4.78 is 5.50. The van der Waals surface area contributed by atoms with Gasteiger partial charge in [0.25, 0.3) is 0 Å². The molecule has 2 heteroatoms. The van der Waals surface area contributed by atoms with E-state index in [4.69, 9.17) is 4.74 Å². The Kier molecular flexibility index (Phi) is 5.57.